The summed E-state index contributed by atoms with van der Waals surface area (Å²) in [5.74, 6) is 1.39. The molecule has 0 heterocycles. The molecule has 1 aromatic rings. The first-order chi connectivity index (χ1) is 8.56. The average Bonchev–Trinajstić information content (AvgIpc) is 2.34. The van der Waals surface area contributed by atoms with Crippen molar-refractivity contribution in [3.8, 4) is 0 Å². The number of nitrogens with two attached hydrogens (primary N) is 1. The van der Waals surface area contributed by atoms with Crippen molar-refractivity contribution in [2.24, 2.45) is 11.8 Å². The predicted molar refractivity (Wildman–Crippen MR) is 79.6 cm³/mol. The first-order valence-electron chi connectivity index (χ1n) is 6.83. The number of hydrogen-bond donors (Lipinski definition) is 2. The zero-order valence-electron chi connectivity index (χ0n) is 11.4. The summed E-state index contributed by atoms with van der Waals surface area (Å²) in [7, 11) is 0. The number of hydrogen-bond acceptors (Lipinski definition) is 2. The minimum atomic E-state index is 0.545. The van der Waals surface area contributed by atoms with Crippen molar-refractivity contribution in [1.29, 1.82) is 0 Å². The third kappa shape index (κ3) is 3.06. The highest BCUT2D eigenvalue weighted by Gasteiger charge is 2.27. The standard InChI is InChI=1S/C16H24N2/c1-11(2)13-5-4-12(3)16(10-13)18-15-8-6-14(17)7-9-15/h6-9,12-13,16,18H,1,4-5,10,17H2,2-3H3/t12?,13-,16?/m1/s1. The molecule has 1 aliphatic rings. The monoisotopic (exact) mass is 244 g/mol. The van der Waals surface area contributed by atoms with Crippen LogP contribution in [0.25, 0.3) is 0 Å². The number of anilines is 2. The predicted octanol–water partition coefficient (Wildman–Crippen LogP) is 4.06. The van der Waals surface area contributed by atoms with E-state index in [1.54, 1.807) is 0 Å². The Morgan fingerprint density at radius 2 is 1.94 bits per heavy atom. The Kier molecular flexibility index (Phi) is 3.95. The molecule has 0 aliphatic heterocycles. The van der Waals surface area contributed by atoms with Crippen LogP contribution in [0.4, 0.5) is 11.4 Å². The van der Waals surface area contributed by atoms with Crippen LogP contribution in [0, 0.1) is 11.8 Å². The summed E-state index contributed by atoms with van der Waals surface area (Å²) < 4.78 is 0. The van der Waals surface area contributed by atoms with Crippen LogP contribution in [0.1, 0.15) is 33.1 Å². The van der Waals surface area contributed by atoms with Crippen molar-refractivity contribution in [2.75, 3.05) is 11.1 Å². The molecule has 0 radical (unpaired) electrons. The van der Waals surface area contributed by atoms with Crippen LogP contribution in [-0.2, 0) is 0 Å². The molecular formula is C16H24N2. The molecule has 2 nitrogen and oxygen atoms in total. The molecule has 2 rings (SSSR count). The molecule has 1 aromatic carbocycles. The lowest BCUT2D eigenvalue weighted by atomic mass is 9.76. The fraction of sp³-hybridized carbons (Fsp3) is 0.500. The first-order valence-corrected chi connectivity index (χ1v) is 6.83. The van der Waals surface area contributed by atoms with Gasteiger partial charge in [0.25, 0.3) is 0 Å². The highest BCUT2D eigenvalue weighted by Crippen LogP contribution is 2.34. The quantitative estimate of drug-likeness (QED) is 0.621. The zero-order chi connectivity index (χ0) is 13.1. The van der Waals surface area contributed by atoms with Gasteiger partial charge in [0.15, 0.2) is 0 Å². The Labute approximate surface area is 110 Å². The van der Waals surface area contributed by atoms with Gasteiger partial charge in [0.1, 0.15) is 0 Å². The lowest BCUT2D eigenvalue weighted by Crippen LogP contribution is -2.34. The van der Waals surface area contributed by atoms with E-state index < -0.39 is 0 Å². The van der Waals surface area contributed by atoms with Crippen molar-refractivity contribution >= 4 is 11.4 Å². The maximum absolute atomic E-state index is 5.71. The average molecular weight is 244 g/mol. The van der Waals surface area contributed by atoms with Gasteiger partial charge in [-0.15, -0.1) is 0 Å². The van der Waals surface area contributed by atoms with Crippen LogP contribution >= 0.6 is 0 Å². The van der Waals surface area contributed by atoms with E-state index in [4.69, 9.17) is 5.73 Å². The first kappa shape index (κ1) is 13.0. The SMILES string of the molecule is C=C(C)[C@@H]1CCC(C)C(Nc2ccc(N)cc2)C1. The van der Waals surface area contributed by atoms with Gasteiger partial charge < -0.3 is 11.1 Å². The van der Waals surface area contributed by atoms with Crippen LogP contribution in [0.2, 0.25) is 0 Å². The Balaban J connectivity index is 2.02. The Hall–Kier alpha value is -1.44. The topological polar surface area (TPSA) is 38.0 Å². The van der Waals surface area contributed by atoms with Gasteiger partial charge in [-0.05, 0) is 62.3 Å². The van der Waals surface area contributed by atoms with Crippen molar-refractivity contribution < 1.29 is 0 Å². The van der Waals surface area contributed by atoms with Gasteiger partial charge in [-0.3, -0.25) is 0 Å². The van der Waals surface area contributed by atoms with Crippen molar-refractivity contribution in [3.63, 3.8) is 0 Å². The van der Waals surface area contributed by atoms with Gasteiger partial charge in [-0.2, -0.15) is 0 Å². The van der Waals surface area contributed by atoms with Gasteiger partial charge in [0.05, 0.1) is 0 Å². The summed E-state index contributed by atoms with van der Waals surface area (Å²) in [5.41, 5.74) is 9.02. The van der Waals surface area contributed by atoms with E-state index in [1.807, 2.05) is 12.1 Å². The third-order valence-corrected chi connectivity index (χ3v) is 4.16. The molecule has 18 heavy (non-hydrogen) atoms. The molecule has 0 bridgehead atoms. The highest BCUT2D eigenvalue weighted by atomic mass is 14.9. The van der Waals surface area contributed by atoms with Crippen molar-refractivity contribution in [2.45, 2.75) is 39.2 Å². The van der Waals surface area contributed by atoms with Crippen LogP contribution in [0.15, 0.2) is 36.4 Å². The number of allylic oxidation sites excluding steroid dienone is 1. The second-order valence-electron chi connectivity index (χ2n) is 5.71. The van der Waals surface area contributed by atoms with E-state index in [1.165, 1.54) is 30.5 Å². The number of nitrogen functional groups attached to an aromatic ring is 1. The van der Waals surface area contributed by atoms with E-state index in [2.05, 4.69) is 37.9 Å². The molecule has 0 saturated heterocycles. The molecule has 1 saturated carbocycles. The molecule has 3 atom stereocenters. The van der Waals surface area contributed by atoms with E-state index in [0.717, 1.165) is 11.6 Å². The molecule has 1 fully saturated rings. The summed E-state index contributed by atoms with van der Waals surface area (Å²) in [4.78, 5) is 0. The Bertz CT molecular complexity index is 408. The van der Waals surface area contributed by atoms with E-state index in [0.29, 0.717) is 12.0 Å². The van der Waals surface area contributed by atoms with Crippen LogP contribution in [0.3, 0.4) is 0 Å². The molecule has 0 spiro atoms. The summed E-state index contributed by atoms with van der Waals surface area (Å²) in [6.45, 7) is 8.60. The third-order valence-electron chi connectivity index (χ3n) is 4.16. The Morgan fingerprint density at radius 3 is 2.56 bits per heavy atom. The lowest BCUT2D eigenvalue weighted by Gasteiger charge is -2.35. The molecular weight excluding hydrogens is 220 g/mol. The molecule has 3 N–H and O–H groups in total. The number of benzene rings is 1. The minimum Gasteiger partial charge on any atom is -0.399 e. The molecule has 1 aliphatic carbocycles. The van der Waals surface area contributed by atoms with Gasteiger partial charge in [0.2, 0.25) is 0 Å². The smallest absolute Gasteiger partial charge is 0.0343 e. The van der Waals surface area contributed by atoms with Crippen molar-refractivity contribution in [1.82, 2.24) is 0 Å². The Morgan fingerprint density at radius 1 is 1.28 bits per heavy atom. The van der Waals surface area contributed by atoms with Crippen molar-refractivity contribution in [3.05, 3.63) is 36.4 Å². The summed E-state index contributed by atoms with van der Waals surface area (Å²) in [5, 5.41) is 3.65. The van der Waals surface area contributed by atoms with Gasteiger partial charge in [-0.1, -0.05) is 19.1 Å². The van der Waals surface area contributed by atoms with Crippen LogP contribution < -0.4 is 11.1 Å². The maximum atomic E-state index is 5.71. The summed E-state index contributed by atoms with van der Waals surface area (Å²) in [6.07, 6.45) is 3.77. The highest BCUT2D eigenvalue weighted by molar-refractivity contribution is 5.51. The normalized spacial score (nSPS) is 27.8. The molecule has 2 heteroatoms. The summed E-state index contributed by atoms with van der Waals surface area (Å²) in [6, 6.07) is 8.57. The van der Waals surface area contributed by atoms with Crippen LogP contribution in [0.5, 0.6) is 0 Å². The second kappa shape index (κ2) is 5.47. The molecule has 0 amide bonds. The van der Waals surface area contributed by atoms with E-state index in [-0.39, 0.29) is 0 Å². The fourth-order valence-corrected chi connectivity index (χ4v) is 2.76. The van der Waals surface area contributed by atoms with Gasteiger partial charge >= 0.3 is 0 Å². The molecule has 0 aromatic heterocycles. The van der Waals surface area contributed by atoms with E-state index >= 15 is 0 Å². The number of rotatable bonds is 3. The fourth-order valence-electron chi connectivity index (χ4n) is 2.76. The van der Waals surface area contributed by atoms with Gasteiger partial charge in [-0.25, -0.2) is 0 Å². The number of nitrogens with one attached hydrogen (secondary N) is 1. The minimum absolute atomic E-state index is 0.545. The lowest BCUT2D eigenvalue weighted by molar-refractivity contribution is 0.292. The van der Waals surface area contributed by atoms with Crippen LogP contribution in [-0.4, -0.2) is 6.04 Å². The second-order valence-corrected chi connectivity index (χ2v) is 5.71. The van der Waals surface area contributed by atoms with Gasteiger partial charge in [0, 0.05) is 17.4 Å². The van der Waals surface area contributed by atoms with E-state index in [9.17, 15) is 0 Å². The molecule has 98 valence electrons. The maximum Gasteiger partial charge on any atom is 0.0343 e. The molecule has 2 unspecified atom stereocenters. The zero-order valence-corrected chi connectivity index (χ0v) is 11.4. The largest absolute Gasteiger partial charge is 0.399 e. The summed E-state index contributed by atoms with van der Waals surface area (Å²) >= 11 is 0.